The Labute approximate surface area is 256 Å². The number of ether oxygens (including phenoxy) is 2. The Morgan fingerprint density at radius 1 is 1.05 bits per heavy atom. The monoisotopic (exact) mass is 609 g/mol. The van der Waals surface area contributed by atoms with Crippen LogP contribution in [0.3, 0.4) is 0 Å². The number of cyclic esters (lactones) is 1. The standard InChI is InChI=1S/C27H31NO5.C8H7F3/c1-17-16-33-26(31)28(17)15-22-14-27(2,3)10-9-24(22)21-11-20(12-23(13-21)32-4)18-5-7-19(8-6-18)25(29)30;1-6-3-2-4-7(5-6)8(9,10)11/h5-8,11-13,17H,9-10,14-16H2,1-4H3,(H,29,30);2-5H,1H3. The van der Waals surface area contributed by atoms with Gasteiger partial charge in [0.25, 0.3) is 0 Å². The van der Waals surface area contributed by atoms with E-state index in [1.807, 2.05) is 30.0 Å². The molecule has 5 rings (SSSR count). The zero-order chi connectivity index (χ0) is 32.2. The van der Waals surface area contributed by atoms with Crippen molar-refractivity contribution < 1.29 is 37.3 Å². The molecule has 0 aromatic heterocycles. The number of benzene rings is 3. The van der Waals surface area contributed by atoms with Crippen LogP contribution < -0.4 is 4.74 Å². The highest BCUT2D eigenvalue weighted by atomic mass is 19.4. The van der Waals surface area contributed by atoms with Gasteiger partial charge in [-0.2, -0.15) is 13.2 Å². The van der Waals surface area contributed by atoms with Crippen LogP contribution in [0.2, 0.25) is 0 Å². The minimum absolute atomic E-state index is 0.0601. The molecular weight excluding hydrogens is 571 g/mol. The van der Waals surface area contributed by atoms with E-state index in [0.717, 1.165) is 53.8 Å². The number of halogens is 3. The quantitative estimate of drug-likeness (QED) is 0.302. The van der Waals surface area contributed by atoms with Gasteiger partial charge in [0.05, 0.1) is 24.3 Å². The first-order chi connectivity index (χ1) is 20.7. The van der Waals surface area contributed by atoms with Gasteiger partial charge in [0, 0.05) is 6.54 Å². The first-order valence-electron chi connectivity index (χ1n) is 14.5. The van der Waals surface area contributed by atoms with E-state index in [2.05, 4.69) is 26.0 Å². The fourth-order valence-electron chi connectivity index (χ4n) is 5.57. The van der Waals surface area contributed by atoms with E-state index in [4.69, 9.17) is 9.47 Å². The predicted octanol–water partition coefficient (Wildman–Crippen LogP) is 8.88. The summed E-state index contributed by atoms with van der Waals surface area (Å²) in [6.07, 6.45) is -1.57. The molecule has 1 aliphatic carbocycles. The number of allylic oxidation sites excluding steroid dienone is 1. The summed E-state index contributed by atoms with van der Waals surface area (Å²) in [4.78, 5) is 25.3. The normalized spacial score (nSPS) is 18.0. The molecule has 3 aromatic carbocycles. The van der Waals surface area contributed by atoms with Crippen LogP contribution in [0.1, 0.15) is 67.1 Å². The number of rotatable bonds is 6. The number of carbonyl (C=O) groups excluding carboxylic acids is 1. The van der Waals surface area contributed by atoms with Crippen molar-refractivity contribution in [3.05, 3.63) is 94.6 Å². The molecule has 1 fully saturated rings. The number of hydrogen-bond donors (Lipinski definition) is 1. The number of hydrogen-bond acceptors (Lipinski definition) is 4. The lowest BCUT2D eigenvalue weighted by atomic mass is 9.72. The smallest absolute Gasteiger partial charge is 0.416 e. The Bertz CT molecular complexity index is 1540. The largest absolute Gasteiger partial charge is 0.497 e. The van der Waals surface area contributed by atoms with Crippen LogP contribution in [-0.4, -0.2) is 48.4 Å². The van der Waals surface area contributed by atoms with Crippen LogP contribution in [0.4, 0.5) is 18.0 Å². The van der Waals surface area contributed by atoms with E-state index in [1.165, 1.54) is 17.2 Å². The summed E-state index contributed by atoms with van der Waals surface area (Å²) >= 11 is 0. The van der Waals surface area contributed by atoms with Crippen molar-refractivity contribution in [1.82, 2.24) is 4.90 Å². The molecule has 0 saturated carbocycles. The molecule has 1 N–H and O–H groups in total. The van der Waals surface area contributed by atoms with Crippen molar-refractivity contribution in [1.29, 1.82) is 0 Å². The lowest BCUT2D eigenvalue weighted by Gasteiger charge is -2.35. The van der Waals surface area contributed by atoms with Gasteiger partial charge in [-0.15, -0.1) is 0 Å². The molecule has 9 heteroatoms. The Morgan fingerprint density at radius 2 is 1.73 bits per heavy atom. The Morgan fingerprint density at radius 3 is 2.27 bits per heavy atom. The molecule has 1 aliphatic heterocycles. The van der Waals surface area contributed by atoms with E-state index in [1.54, 1.807) is 32.2 Å². The maximum atomic E-state index is 12.3. The highest BCUT2D eigenvalue weighted by Crippen LogP contribution is 2.44. The molecule has 1 unspecified atom stereocenters. The van der Waals surface area contributed by atoms with Gasteiger partial charge in [-0.3, -0.25) is 4.90 Å². The number of carboxylic acid groups (broad SMARTS) is 1. The van der Waals surface area contributed by atoms with E-state index in [-0.39, 0.29) is 23.1 Å². The SMILES string of the molecule is COc1cc(C2=C(CN3C(=O)OCC3C)CC(C)(C)CC2)cc(-c2ccc(C(=O)O)cc2)c1.Cc1cccc(C(F)(F)F)c1. The maximum Gasteiger partial charge on any atom is 0.416 e. The van der Waals surface area contributed by atoms with Gasteiger partial charge in [0.2, 0.25) is 0 Å². The fourth-order valence-corrected chi connectivity index (χ4v) is 5.57. The molecule has 3 aromatic rings. The highest BCUT2D eigenvalue weighted by molar-refractivity contribution is 5.88. The molecular formula is C35H38F3NO5. The van der Waals surface area contributed by atoms with Crippen molar-refractivity contribution in [3.8, 4) is 16.9 Å². The summed E-state index contributed by atoms with van der Waals surface area (Å²) < 4.78 is 46.8. The fraction of sp³-hybridized carbons (Fsp3) is 0.371. The van der Waals surface area contributed by atoms with Gasteiger partial charge in [-0.1, -0.05) is 49.7 Å². The van der Waals surface area contributed by atoms with Crippen LogP contribution in [0.5, 0.6) is 5.75 Å². The molecule has 0 radical (unpaired) electrons. The highest BCUT2D eigenvalue weighted by Gasteiger charge is 2.34. The lowest BCUT2D eigenvalue weighted by molar-refractivity contribution is -0.137. The van der Waals surface area contributed by atoms with Gasteiger partial charge in [0.1, 0.15) is 12.4 Å². The van der Waals surface area contributed by atoms with Crippen LogP contribution in [-0.2, 0) is 10.9 Å². The topological polar surface area (TPSA) is 76.1 Å². The minimum Gasteiger partial charge on any atom is -0.497 e. The third-order valence-corrected chi connectivity index (χ3v) is 8.05. The summed E-state index contributed by atoms with van der Waals surface area (Å²) in [6.45, 7) is 9.20. The first-order valence-corrected chi connectivity index (χ1v) is 14.5. The summed E-state index contributed by atoms with van der Waals surface area (Å²) in [7, 11) is 1.65. The number of alkyl halides is 3. The van der Waals surface area contributed by atoms with Crippen LogP contribution in [0.15, 0.2) is 72.3 Å². The molecule has 0 spiro atoms. The Hall–Kier alpha value is -4.27. The molecule has 2 aliphatic rings. The third kappa shape index (κ3) is 8.01. The zero-order valence-electron chi connectivity index (χ0n) is 25.6. The minimum atomic E-state index is -4.22. The average Bonchev–Trinajstić information content (AvgIpc) is 3.28. The predicted molar refractivity (Wildman–Crippen MR) is 164 cm³/mol. The molecule has 6 nitrogen and oxygen atoms in total. The molecule has 1 heterocycles. The van der Waals surface area contributed by atoms with Crippen LogP contribution in [0.25, 0.3) is 16.7 Å². The van der Waals surface area contributed by atoms with Crippen LogP contribution in [0, 0.1) is 12.3 Å². The van der Waals surface area contributed by atoms with Crippen molar-refractivity contribution in [3.63, 3.8) is 0 Å². The molecule has 1 saturated heterocycles. The van der Waals surface area contributed by atoms with Gasteiger partial charge < -0.3 is 14.6 Å². The average molecular weight is 610 g/mol. The van der Waals surface area contributed by atoms with Crippen molar-refractivity contribution in [2.24, 2.45) is 5.41 Å². The second-order valence-corrected chi connectivity index (χ2v) is 12.2. The number of carbonyl (C=O) groups is 2. The van der Waals surface area contributed by atoms with Gasteiger partial charge in [-0.05, 0) is 103 Å². The number of aromatic carboxylic acids is 1. The molecule has 0 bridgehead atoms. The second kappa shape index (κ2) is 13.2. The van der Waals surface area contributed by atoms with Crippen molar-refractivity contribution in [2.45, 2.75) is 59.2 Å². The van der Waals surface area contributed by atoms with Crippen LogP contribution >= 0.6 is 0 Å². The van der Waals surface area contributed by atoms with E-state index < -0.39 is 17.7 Å². The van der Waals surface area contributed by atoms with E-state index in [0.29, 0.717) is 18.7 Å². The number of methoxy groups -OCH3 is 1. The number of nitrogens with zero attached hydrogens (tertiary/aromatic N) is 1. The van der Waals surface area contributed by atoms with E-state index in [9.17, 15) is 27.9 Å². The van der Waals surface area contributed by atoms with Gasteiger partial charge >= 0.3 is 18.2 Å². The molecule has 234 valence electrons. The van der Waals surface area contributed by atoms with E-state index >= 15 is 0 Å². The molecule has 44 heavy (non-hydrogen) atoms. The maximum absolute atomic E-state index is 12.3. The number of aryl methyl sites for hydroxylation is 1. The van der Waals surface area contributed by atoms with Crippen molar-refractivity contribution >= 4 is 17.6 Å². The summed E-state index contributed by atoms with van der Waals surface area (Å²) in [5, 5.41) is 9.21. The molecule has 1 amide bonds. The summed E-state index contributed by atoms with van der Waals surface area (Å²) in [5.74, 6) is -0.197. The Kier molecular flexibility index (Phi) is 9.76. The summed E-state index contributed by atoms with van der Waals surface area (Å²) in [6, 6.07) is 18.3. The third-order valence-electron chi connectivity index (χ3n) is 8.05. The van der Waals surface area contributed by atoms with Gasteiger partial charge in [-0.25, -0.2) is 9.59 Å². The number of carboxylic acids is 1. The molecule has 1 atom stereocenters. The van der Waals surface area contributed by atoms with Crippen molar-refractivity contribution in [2.75, 3.05) is 20.3 Å². The summed E-state index contributed by atoms with van der Waals surface area (Å²) in [5.41, 5.74) is 5.95. The zero-order valence-corrected chi connectivity index (χ0v) is 25.6. The van der Waals surface area contributed by atoms with Gasteiger partial charge in [0.15, 0.2) is 0 Å². The lowest BCUT2D eigenvalue weighted by Crippen LogP contribution is -2.35. The second-order valence-electron chi connectivity index (χ2n) is 12.2. The first kappa shape index (κ1) is 32.6. The Balaban J connectivity index is 0.000000339. The number of amides is 1.